The summed E-state index contributed by atoms with van der Waals surface area (Å²) in [5, 5.41) is 3.20. The van der Waals surface area contributed by atoms with E-state index in [2.05, 4.69) is 5.32 Å². The lowest BCUT2D eigenvalue weighted by Crippen LogP contribution is -2.51. The molecule has 192 valence electrons. The molecule has 2 amide bonds. The van der Waals surface area contributed by atoms with Crippen molar-refractivity contribution in [2.45, 2.75) is 25.9 Å². The molecule has 0 unspecified atom stereocenters. The van der Waals surface area contributed by atoms with Crippen molar-refractivity contribution in [2.24, 2.45) is 0 Å². The standard InChI is InChI=1S/C23H29Cl2N3O6S/c1-6-19(23(30)26-2)27(13-15-7-9-17(24)18(25)11-15)22(29)14-28(35(5,31)32)20-10-8-16(33-3)12-21(20)34-4/h7-12,19H,6,13-14H2,1-5H3,(H,26,30)/t19-/m0/s1. The average molecular weight is 546 g/mol. The summed E-state index contributed by atoms with van der Waals surface area (Å²) in [6, 6.07) is 8.60. The zero-order valence-electron chi connectivity index (χ0n) is 20.2. The normalized spacial score (nSPS) is 12.0. The lowest BCUT2D eigenvalue weighted by atomic mass is 10.1. The minimum absolute atomic E-state index is 0.0129. The van der Waals surface area contributed by atoms with E-state index in [1.165, 1.54) is 38.3 Å². The maximum atomic E-state index is 13.6. The Morgan fingerprint density at radius 3 is 2.26 bits per heavy atom. The Balaban J connectivity index is 2.51. The quantitative estimate of drug-likeness (QED) is 0.464. The molecule has 0 aromatic heterocycles. The molecule has 2 aromatic carbocycles. The van der Waals surface area contributed by atoms with Crippen LogP contribution in [0, 0.1) is 0 Å². The molecule has 12 heteroatoms. The number of hydrogen-bond acceptors (Lipinski definition) is 6. The van der Waals surface area contributed by atoms with Gasteiger partial charge in [0.15, 0.2) is 0 Å². The first kappa shape index (κ1) is 28.5. The van der Waals surface area contributed by atoms with Gasteiger partial charge in [0.05, 0.1) is 36.2 Å². The Kier molecular flexibility index (Phi) is 10.1. The highest BCUT2D eigenvalue weighted by atomic mass is 35.5. The van der Waals surface area contributed by atoms with E-state index in [1.54, 1.807) is 31.2 Å². The van der Waals surface area contributed by atoms with Gasteiger partial charge in [-0.1, -0.05) is 36.2 Å². The molecule has 0 spiro atoms. The van der Waals surface area contributed by atoms with E-state index in [4.69, 9.17) is 32.7 Å². The number of nitrogens with one attached hydrogen (secondary N) is 1. The van der Waals surface area contributed by atoms with Crippen molar-refractivity contribution in [1.82, 2.24) is 10.2 Å². The van der Waals surface area contributed by atoms with Crippen molar-refractivity contribution in [3.8, 4) is 11.5 Å². The van der Waals surface area contributed by atoms with Gasteiger partial charge in [-0.2, -0.15) is 0 Å². The van der Waals surface area contributed by atoms with Gasteiger partial charge < -0.3 is 19.7 Å². The summed E-state index contributed by atoms with van der Waals surface area (Å²) in [6.45, 7) is 1.21. The topological polar surface area (TPSA) is 105 Å². The van der Waals surface area contributed by atoms with Crippen LogP contribution in [0.4, 0.5) is 5.69 Å². The molecule has 0 heterocycles. The summed E-state index contributed by atoms with van der Waals surface area (Å²) in [4.78, 5) is 27.5. The van der Waals surface area contributed by atoms with E-state index < -0.39 is 28.5 Å². The van der Waals surface area contributed by atoms with Crippen molar-refractivity contribution in [3.63, 3.8) is 0 Å². The molecule has 0 aliphatic heterocycles. The minimum atomic E-state index is -3.92. The Morgan fingerprint density at radius 2 is 1.74 bits per heavy atom. The molecule has 2 aromatic rings. The van der Waals surface area contributed by atoms with Gasteiger partial charge in [-0.3, -0.25) is 13.9 Å². The molecule has 2 rings (SSSR count). The Labute approximate surface area is 215 Å². The Morgan fingerprint density at radius 1 is 1.06 bits per heavy atom. The summed E-state index contributed by atoms with van der Waals surface area (Å²) < 4.78 is 36.9. The molecule has 0 fully saturated rings. The fraction of sp³-hybridized carbons (Fsp3) is 0.391. The van der Waals surface area contributed by atoms with Crippen molar-refractivity contribution in [3.05, 3.63) is 52.0 Å². The molecule has 0 radical (unpaired) electrons. The van der Waals surface area contributed by atoms with Crippen LogP contribution >= 0.6 is 23.2 Å². The van der Waals surface area contributed by atoms with Crippen LogP contribution in [0.5, 0.6) is 11.5 Å². The van der Waals surface area contributed by atoms with Crippen LogP contribution in [0.2, 0.25) is 10.0 Å². The molecule has 35 heavy (non-hydrogen) atoms. The fourth-order valence-electron chi connectivity index (χ4n) is 3.51. The summed E-state index contributed by atoms with van der Waals surface area (Å²) >= 11 is 12.1. The number of carbonyl (C=O) groups excluding carboxylic acids is 2. The molecular weight excluding hydrogens is 517 g/mol. The Bertz CT molecular complexity index is 1180. The lowest BCUT2D eigenvalue weighted by molar-refractivity contribution is -0.140. The van der Waals surface area contributed by atoms with Crippen molar-refractivity contribution < 1.29 is 27.5 Å². The number of anilines is 1. The van der Waals surface area contributed by atoms with Gasteiger partial charge in [0, 0.05) is 19.7 Å². The van der Waals surface area contributed by atoms with Crippen LogP contribution in [-0.2, 0) is 26.2 Å². The SMILES string of the molecule is CC[C@@H](C(=O)NC)N(Cc1ccc(Cl)c(Cl)c1)C(=O)CN(c1ccc(OC)cc1OC)S(C)(=O)=O. The molecule has 1 N–H and O–H groups in total. The first-order valence-electron chi connectivity index (χ1n) is 10.6. The van der Waals surface area contributed by atoms with E-state index in [0.29, 0.717) is 27.8 Å². The first-order chi connectivity index (χ1) is 16.5. The Hall–Kier alpha value is -2.69. The van der Waals surface area contributed by atoms with E-state index in [0.717, 1.165) is 10.6 Å². The molecule has 0 bridgehead atoms. The summed E-state index contributed by atoms with van der Waals surface area (Å²) in [5.74, 6) is -0.308. The highest BCUT2D eigenvalue weighted by Gasteiger charge is 2.32. The summed E-state index contributed by atoms with van der Waals surface area (Å²) in [6.07, 6.45) is 1.29. The third-order valence-electron chi connectivity index (χ3n) is 5.30. The molecule has 1 atom stereocenters. The molecule has 0 aliphatic rings. The fourth-order valence-corrected chi connectivity index (χ4v) is 4.68. The minimum Gasteiger partial charge on any atom is -0.497 e. The molecule has 0 saturated heterocycles. The highest BCUT2D eigenvalue weighted by molar-refractivity contribution is 7.92. The summed E-state index contributed by atoms with van der Waals surface area (Å²) in [5.41, 5.74) is 0.787. The third kappa shape index (κ3) is 7.16. The number of hydrogen-bond donors (Lipinski definition) is 1. The second-order valence-electron chi connectivity index (χ2n) is 7.62. The van der Waals surface area contributed by atoms with Crippen LogP contribution in [0.15, 0.2) is 36.4 Å². The van der Waals surface area contributed by atoms with Crippen LogP contribution in [0.3, 0.4) is 0 Å². The van der Waals surface area contributed by atoms with E-state index in [-0.39, 0.29) is 23.9 Å². The van der Waals surface area contributed by atoms with E-state index >= 15 is 0 Å². The molecular formula is C23H29Cl2N3O6S. The number of carbonyl (C=O) groups is 2. The van der Waals surface area contributed by atoms with Gasteiger partial charge in [0.1, 0.15) is 24.1 Å². The number of benzene rings is 2. The first-order valence-corrected chi connectivity index (χ1v) is 13.2. The molecule has 9 nitrogen and oxygen atoms in total. The predicted molar refractivity (Wildman–Crippen MR) is 137 cm³/mol. The number of halogens is 2. The number of sulfonamides is 1. The van der Waals surface area contributed by atoms with Gasteiger partial charge >= 0.3 is 0 Å². The number of methoxy groups -OCH3 is 2. The second-order valence-corrected chi connectivity index (χ2v) is 10.3. The van der Waals surface area contributed by atoms with Crippen LogP contribution in [-0.4, -0.2) is 65.2 Å². The van der Waals surface area contributed by atoms with Gasteiger partial charge in [-0.15, -0.1) is 0 Å². The largest absolute Gasteiger partial charge is 0.497 e. The average Bonchev–Trinajstić information content (AvgIpc) is 2.83. The monoisotopic (exact) mass is 545 g/mol. The van der Waals surface area contributed by atoms with Gasteiger partial charge in [-0.05, 0) is 36.2 Å². The maximum absolute atomic E-state index is 13.6. The van der Waals surface area contributed by atoms with Gasteiger partial charge in [0.25, 0.3) is 0 Å². The van der Waals surface area contributed by atoms with Gasteiger partial charge in [-0.25, -0.2) is 8.42 Å². The number of rotatable bonds is 11. The second kappa shape index (κ2) is 12.3. The van der Waals surface area contributed by atoms with Crippen molar-refractivity contribution in [1.29, 1.82) is 0 Å². The zero-order chi connectivity index (χ0) is 26.3. The number of amides is 2. The molecule has 0 saturated carbocycles. The van der Waals surface area contributed by atoms with E-state index in [1.807, 2.05) is 0 Å². The van der Waals surface area contributed by atoms with Crippen molar-refractivity contribution >= 4 is 50.7 Å². The highest BCUT2D eigenvalue weighted by Crippen LogP contribution is 2.34. The maximum Gasteiger partial charge on any atom is 0.244 e. The number of ether oxygens (including phenoxy) is 2. The van der Waals surface area contributed by atoms with E-state index in [9.17, 15) is 18.0 Å². The molecule has 0 aliphatic carbocycles. The van der Waals surface area contributed by atoms with Crippen molar-refractivity contribution in [2.75, 3.05) is 38.4 Å². The number of likely N-dealkylation sites (N-methyl/N-ethyl adjacent to an activating group) is 1. The van der Waals surface area contributed by atoms with Crippen LogP contribution in [0.1, 0.15) is 18.9 Å². The number of nitrogens with zero attached hydrogens (tertiary/aromatic N) is 2. The zero-order valence-corrected chi connectivity index (χ0v) is 22.5. The summed E-state index contributed by atoms with van der Waals surface area (Å²) in [7, 11) is 0.408. The van der Waals surface area contributed by atoms with Crippen LogP contribution < -0.4 is 19.1 Å². The van der Waals surface area contributed by atoms with Gasteiger partial charge in [0.2, 0.25) is 21.8 Å². The smallest absolute Gasteiger partial charge is 0.244 e. The lowest BCUT2D eigenvalue weighted by Gasteiger charge is -2.33. The predicted octanol–water partition coefficient (Wildman–Crippen LogP) is 3.33. The van der Waals surface area contributed by atoms with Crippen LogP contribution in [0.25, 0.3) is 0 Å². The third-order valence-corrected chi connectivity index (χ3v) is 7.17.